The molecule has 0 heterocycles. The summed E-state index contributed by atoms with van der Waals surface area (Å²) < 4.78 is 0. The minimum absolute atomic E-state index is 0.244. The Morgan fingerprint density at radius 3 is 2.61 bits per heavy atom. The van der Waals surface area contributed by atoms with Gasteiger partial charge < -0.3 is 5.11 Å². The number of benzene rings is 2. The van der Waals surface area contributed by atoms with Crippen molar-refractivity contribution in [2.45, 2.75) is 57.0 Å². The van der Waals surface area contributed by atoms with Crippen molar-refractivity contribution in [2.24, 2.45) is 23.2 Å². The molecule has 0 spiro atoms. The summed E-state index contributed by atoms with van der Waals surface area (Å²) in [6.07, 6.45) is 7.41. The van der Waals surface area contributed by atoms with Crippen molar-refractivity contribution < 1.29 is 9.90 Å². The van der Waals surface area contributed by atoms with Crippen LogP contribution in [0.25, 0.3) is 0 Å². The molecule has 4 aliphatic rings. The number of hydrogen-bond acceptors (Lipinski definition) is 2. The predicted octanol–water partition coefficient (Wildman–Crippen LogP) is 5.19. The Morgan fingerprint density at radius 1 is 1.07 bits per heavy atom. The van der Waals surface area contributed by atoms with E-state index in [1.54, 1.807) is 0 Å². The van der Waals surface area contributed by atoms with E-state index in [1.807, 2.05) is 18.2 Å². The monoisotopic (exact) mass is 374 g/mol. The van der Waals surface area contributed by atoms with Crippen LogP contribution in [0.4, 0.5) is 0 Å². The maximum absolute atomic E-state index is 11.8. The van der Waals surface area contributed by atoms with Gasteiger partial charge in [-0.05, 0) is 72.8 Å². The van der Waals surface area contributed by atoms with Crippen molar-refractivity contribution >= 4 is 6.29 Å². The molecule has 0 saturated heterocycles. The van der Waals surface area contributed by atoms with E-state index in [2.05, 4.69) is 43.3 Å². The predicted molar refractivity (Wildman–Crippen MR) is 111 cm³/mol. The summed E-state index contributed by atoms with van der Waals surface area (Å²) in [5, 5.41) is 11.4. The molecule has 1 N–H and O–H groups in total. The van der Waals surface area contributed by atoms with E-state index in [4.69, 9.17) is 0 Å². The second-order valence-corrected chi connectivity index (χ2v) is 9.91. The summed E-state index contributed by atoms with van der Waals surface area (Å²) in [5.74, 6) is 1.63. The third-order valence-electron chi connectivity index (χ3n) is 8.39. The molecule has 28 heavy (non-hydrogen) atoms. The molecule has 2 nitrogen and oxygen atoms in total. The van der Waals surface area contributed by atoms with Crippen molar-refractivity contribution in [1.82, 2.24) is 0 Å². The van der Waals surface area contributed by atoms with Crippen LogP contribution in [-0.4, -0.2) is 17.5 Å². The van der Waals surface area contributed by atoms with Gasteiger partial charge in [-0.25, -0.2) is 0 Å². The molecule has 4 saturated carbocycles. The van der Waals surface area contributed by atoms with Crippen molar-refractivity contribution in [2.75, 3.05) is 0 Å². The number of carbonyl (C=O) groups excluding carboxylic acids is 1. The average molecular weight is 375 g/mol. The lowest BCUT2D eigenvalue weighted by atomic mass is 9.39. The van der Waals surface area contributed by atoms with Crippen molar-refractivity contribution in [3.63, 3.8) is 0 Å². The first kappa shape index (κ1) is 18.1. The van der Waals surface area contributed by atoms with Gasteiger partial charge in [0.2, 0.25) is 0 Å². The van der Waals surface area contributed by atoms with E-state index in [-0.39, 0.29) is 16.9 Å². The number of hydrogen-bond donors (Lipinski definition) is 1. The molecule has 6 rings (SSSR count). The SMILES string of the molecule is CC(Cc1ccccc1)C12CC3CC(C1)C(O)C(c1ccccc1C=O)(C3)C2. The number of aldehydes is 1. The molecule has 0 aliphatic heterocycles. The highest BCUT2D eigenvalue weighted by molar-refractivity contribution is 5.78. The van der Waals surface area contributed by atoms with Gasteiger partial charge in [0.1, 0.15) is 6.29 Å². The van der Waals surface area contributed by atoms with Gasteiger partial charge in [0.15, 0.2) is 0 Å². The van der Waals surface area contributed by atoms with Gasteiger partial charge in [-0.2, -0.15) is 0 Å². The van der Waals surface area contributed by atoms with E-state index < -0.39 is 0 Å². The number of rotatable bonds is 5. The maximum atomic E-state index is 11.8. The highest BCUT2D eigenvalue weighted by atomic mass is 16.3. The van der Waals surface area contributed by atoms with Gasteiger partial charge in [0.25, 0.3) is 0 Å². The zero-order valence-electron chi connectivity index (χ0n) is 16.7. The lowest BCUT2D eigenvalue weighted by Crippen LogP contribution is -2.63. The Kier molecular flexibility index (Phi) is 4.24. The van der Waals surface area contributed by atoms with E-state index in [0.717, 1.165) is 49.5 Å². The molecule has 2 aromatic carbocycles. The van der Waals surface area contributed by atoms with Crippen LogP contribution >= 0.6 is 0 Å². The third kappa shape index (κ3) is 2.61. The molecule has 4 aliphatic carbocycles. The van der Waals surface area contributed by atoms with Gasteiger partial charge >= 0.3 is 0 Å². The van der Waals surface area contributed by atoms with Crippen LogP contribution in [0.15, 0.2) is 54.6 Å². The Morgan fingerprint density at radius 2 is 1.82 bits per heavy atom. The van der Waals surface area contributed by atoms with E-state index in [0.29, 0.717) is 17.8 Å². The first-order valence-corrected chi connectivity index (χ1v) is 10.8. The molecule has 6 atom stereocenters. The molecular formula is C26H30O2. The maximum Gasteiger partial charge on any atom is 0.150 e. The first-order valence-electron chi connectivity index (χ1n) is 10.8. The fourth-order valence-electron chi connectivity index (χ4n) is 7.39. The first-order chi connectivity index (χ1) is 13.6. The summed E-state index contributed by atoms with van der Waals surface area (Å²) in [5.41, 5.74) is 3.31. The summed E-state index contributed by atoms with van der Waals surface area (Å²) in [6, 6.07) is 18.8. The van der Waals surface area contributed by atoms with Crippen LogP contribution in [-0.2, 0) is 11.8 Å². The molecule has 4 bridgehead atoms. The Hall–Kier alpha value is -1.93. The van der Waals surface area contributed by atoms with E-state index in [1.165, 1.54) is 12.0 Å². The van der Waals surface area contributed by atoms with E-state index in [9.17, 15) is 9.90 Å². The minimum atomic E-state index is -0.317. The van der Waals surface area contributed by atoms with Gasteiger partial charge in [-0.1, -0.05) is 61.5 Å². The second kappa shape index (κ2) is 6.56. The smallest absolute Gasteiger partial charge is 0.150 e. The highest BCUT2D eigenvalue weighted by Gasteiger charge is 2.64. The largest absolute Gasteiger partial charge is 0.392 e. The molecule has 6 unspecified atom stereocenters. The van der Waals surface area contributed by atoms with Crippen LogP contribution < -0.4 is 0 Å². The van der Waals surface area contributed by atoms with Gasteiger partial charge in [-0.3, -0.25) is 4.79 Å². The quantitative estimate of drug-likeness (QED) is 0.732. The van der Waals surface area contributed by atoms with Crippen LogP contribution in [0.3, 0.4) is 0 Å². The van der Waals surface area contributed by atoms with Crippen LogP contribution in [0.2, 0.25) is 0 Å². The topological polar surface area (TPSA) is 37.3 Å². The third-order valence-corrected chi connectivity index (χ3v) is 8.39. The summed E-state index contributed by atoms with van der Waals surface area (Å²) in [6.45, 7) is 2.42. The molecule has 2 heteroatoms. The second-order valence-electron chi connectivity index (χ2n) is 9.91. The number of carbonyl (C=O) groups is 1. The molecule has 0 radical (unpaired) electrons. The average Bonchev–Trinajstić information content (AvgIpc) is 2.72. The molecule has 146 valence electrons. The molecule has 2 aromatic rings. The normalized spacial score (nSPS) is 37.0. The van der Waals surface area contributed by atoms with Gasteiger partial charge in [0, 0.05) is 11.0 Å². The summed E-state index contributed by atoms with van der Waals surface area (Å²) >= 11 is 0. The summed E-state index contributed by atoms with van der Waals surface area (Å²) in [4.78, 5) is 11.8. The van der Waals surface area contributed by atoms with E-state index >= 15 is 0 Å². The van der Waals surface area contributed by atoms with Crippen molar-refractivity contribution in [1.29, 1.82) is 0 Å². The zero-order valence-corrected chi connectivity index (χ0v) is 16.7. The fourth-order valence-corrected chi connectivity index (χ4v) is 7.39. The van der Waals surface area contributed by atoms with Crippen LogP contribution in [0, 0.1) is 23.2 Å². The standard InChI is InChI=1S/C26H30O2/c1-18(11-19-7-3-2-4-8-19)25-13-20-12-22(15-25)24(28)26(14-20,17-25)23-10-6-5-9-21(23)16-27/h2-10,16,18,20,22,24,28H,11-15,17H2,1H3. The molecule has 4 fully saturated rings. The number of aliphatic hydroxyl groups is 1. The van der Waals surface area contributed by atoms with Crippen molar-refractivity contribution in [3.05, 3.63) is 71.3 Å². The molecule has 0 aromatic heterocycles. The minimum Gasteiger partial charge on any atom is -0.392 e. The van der Waals surface area contributed by atoms with Gasteiger partial charge in [0.05, 0.1) is 6.10 Å². The lowest BCUT2D eigenvalue weighted by molar-refractivity contribution is -0.169. The summed E-state index contributed by atoms with van der Waals surface area (Å²) in [7, 11) is 0. The fraction of sp³-hybridized carbons (Fsp3) is 0.500. The Balaban J connectivity index is 1.55. The molecular weight excluding hydrogens is 344 g/mol. The van der Waals surface area contributed by atoms with Crippen molar-refractivity contribution in [3.8, 4) is 0 Å². The zero-order chi connectivity index (χ0) is 19.4. The Bertz CT molecular complexity index is 875. The molecule has 0 amide bonds. The lowest BCUT2D eigenvalue weighted by Gasteiger charge is -2.66. The highest BCUT2D eigenvalue weighted by Crippen LogP contribution is 2.68. The van der Waals surface area contributed by atoms with Gasteiger partial charge in [-0.15, -0.1) is 0 Å². The van der Waals surface area contributed by atoms with Crippen LogP contribution in [0.5, 0.6) is 0 Å². The Labute approximate surface area is 168 Å². The number of aliphatic hydroxyl groups excluding tert-OH is 1. The van der Waals surface area contributed by atoms with Crippen LogP contribution in [0.1, 0.15) is 60.5 Å².